The molecule has 0 aliphatic carbocycles. The fourth-order valence-corrected chi connectivity index (χ4v) is 4.14. The minimum absolute atomic E-state index is 0.0703. The van der Waals surface area contributed by atoms with Gasteiger partial charge in [0, 0.05) is 37.4 Å². The van der Waals surface area contributed by atoms with Gasteiger partial charge in [0.15, 0.2) is 6.04 Å². The van der Waals surface area contributed by atoms with E-state index in [0.717, 1.165) is 24.5 Å². The fourth-order valence-electron chi connectivity index (χ4n) is 4.14. The van der Waals surface area contributed by atoms with E-state index in [-0.39, 0.29) is 18.9 Å². The Balaban J connectivity index is 1.42. The van der Waals surface area contributed by atoms with E-state index < -0.39 is 23.8 Å². The van der Waals surface area contributed by atoms with Crippen LogP contribution in [0.1, 0.15) is 30.9 Å². The van der Waals surface area contributed by atoms with Crippen molar-refractivity contribution in [2.24, 2.45) is 5.92 Å². The van der Waals surface area contributed by atoms with Gasteiger partial charge in [-0.2, -0.15) is 0 Å². The zero-order chi connectivity index (χ0) is 21.1. The van der Waals surface area contributed by atoms with Crippen molar-refractivity contribution in [3.8, 4) is 0 Å². The summed E-state index contributed by atoms with van der Waals surface area (Å²) in [6.45, 7) is 2.35. The minimum Gasteiger partial charge on any atom is -0.479 e. The second-order valence-electron chi connectivity index (χ2n) is 7.81. The van der Waals surface area contributed by atoms with Crippen LogP contribution in [0.15, 0.2) is 54.6 Å². The van der Waals surface area contributed by atoms with Crippen molar-refractivity contribution in [2.45, 2.75) is 25.3 Å². The molecule has 2 unspecified atom stereocenters. The molecule has 2 heterocycles. The van der Waals surface area contributed by atoms with E-state index in [2.05, 4.69) is 10.2 Å². The summed E-state index contributed by atoms with van der Waals surface area (Å²) in [6.07, 6.45) is 2.47. The number of carbonyl (C=O) groups excluding carboxylic acids is 2. The van der Waals surface area contributed by atoms with Crippen molar-refractivity contribution < 1.29 is 19.5 Å². The molecule has 2 aliphatic heterocycles. The van der Waals surface area contributed by atoms with Crippen molar-refractivity contribution >= 4 is 29.2 Å². The van der Waals surface area contributed by atoms with Crippen molar-refractivity contribution in [1.29, 1.82) is 0 Å². The number of carbonyl (C=O) groups is 3. The smallest absolute Gasteiger partial charge is 0.330 e. The molecular formula is C23H25N3O4. The van der Waals surface area contributed by atoms with Gasteiger partial charge in [0.25, 0.3) is 0 Å². The first-order valence-electron chi connectivity index (χ1n) is 10.3. The number of nitrogens with zero attached hydrogens (tertiary/aromatic N) is 2. The topological polar surface area (TPSA) is 89.9 Å². The monoisotopic (exact) mass is 407 g/mol. The quantitative estimate of drug-likeness (QED) is 0.768. The SMILES string of the molecule is O=C(NC(C(=O)O)c1ccccc1)C1CC(=O)N(c2ccc(N3CCCC3)cc2)C1. The van der Waals surface area contributed by atoms with Gasteiger partial charge in [-0.25, -0.2) is 4.79 Å². The Morgan fingerprint density at radius 2 is 1.60 bits per heavy atom. The van der Waals surface area contributed by atoms with Crippen LogP contribution in [0.4, 0.5) is 11.4 Å². The summed E-state index contributed by atoms with van der Waals surface area (Å²) in [7, 11) is 0. The maximum Gasteiger partial charge on any atom is 0.330 e. The zero-order valence-electron chi connectivity index (χ0n) is 16.7. The highest BCUT2D eigenvalue weighted by atomic mass is 16.4. The number of carboxylic acids is 1. The van der Waals surface area contributed by atoms with Crippen LogP contribution in [0.2, 0.25) is 0 Å². The first kappa shape index (κ1) is 19.9. The lowest BCUT2D eigenvalue weighted by atomic mass is 10.0. The molecule has 7 heteroatoms. The van der Waals surface area contributed by atoms with E-state index in [1.807, 2.05) is 24.3 Å². The molecule has 2 fully saturated rings. The summed E-state index contributed by atoms with van der Waals surface area (Å²) >= 11 is 0. The Morgan fingerprint density at radius 1 is 0.967 bits per heavy atom. The van der Waals surface area contributed by atoms with Gasteiger partial charge in [-0.05, 0) is 42.7 Å². The maximum absolute atomic E-state index is 12.7. The second-order valence-corrected chi connectivity index (χ2v) is 7.81. The van der Waals surface area contributed by atoms with Crippen molar-refractivity contribution in [2.75, 3.05) is 29.4 Å². The fraction of sp³-hybridized carbons (Fsp3) is 0.348. The molecule has 7 nitrogen and oxygen atoms in total. The van der Waals surface area contributed by atoms with Gasteiger partial charge in [0.1, 0.15) is 0 Å². The Kier molecular flexibility index (Phi) is 5.70. The van der Waals surface area contributed by atoms with Crippen LogP contribution in [0, 0.1) is 5.92 Å². The molecule has 2 amide bonds. The molecule has 0 radical (unpaired) electrons. The Hall–Kier alpha value is -3.35. The number of benzene rings is 2. The lowest BCUT2D eigenvalue weighted by Gasteiger charge is -2.21. The number of hydrogen-bond donors (Lipinski definition) is 2. The van der Waals surface area contributed by atoms with E-state index in [0.29, 0.717) is 5.56 Å². The number of amides is 2. The number of carboxylic acid groups (broad SMARTS) is 1. The molecule has 2 atom stereocenters. The van der Waals surface area contributed by atoms with Crippen LogP contribution in [-0.2, 0) is 14.4 Å². The predicted molar refractivity (Wildman–Crippen MR) is 113 cm³/mol. The average Bonchev–Trinajstić information content (AvgIpc) is 3.42. The minimum atomic E-state index is -1.14. The zero-order valence-corrected chi connectivity index (χ0v) is 16.7. The van der Waals surface area contributed by atoms with E-state index in [9.17, 15) is 19.5 Å². The first-order chi connectivity index (χ1) is 14.5. The van der Waals surface area contributed by atoms with Gasteiger partial charge in [-0.1, -0.05) is 30.3 Å². The van der Waals surface area contributed by atoms with Gasteiger partial charge in [-0.15, -0.1) is 0 Å². The molecule has 0 saturated carbocycles. The van der Waals surface area contributed by atoms with Crippen LogP contribution in [0.5, 0.6) is 0 Å². The summed E-state index contributed by atoms with van der Waals surface area (Å²) in [5.41, 5.74) is 2.40. The molecule has 2 aromatic rings. The summed E-state index contributed by atoms with van der Waals surface area (Å²) < 4.78 is 0. The summed E-state index contributed by atoms with van der Waals surface area (Å²) in [4.78, 5) is 40.8. The van der Waals surface area contributed by atoms with Crippen LogP contribution in [0.25, 0.3) is 0 Å². The number of rotatable bonds is 6. The number of anilines is 2. The Bertz CT molecular complexity index is 923. The van der Waals surface area contributed by atoms with Crippen molar-refractivity contribution in [1.82, 2.24) is 5.32 Å². The first-order valence-corrected chi connectivity index (χ1v) is 10.3. The second kappa shape index (κ2) is 8.57. The van der Waals surface area contributed by atoms with E-state index in [4.69, 9.17) is 0 Å². The van der Waals surface area contributed by atoms with Gasteiger partial charge >= 0.3 is 5.97 Å². The van der Waals surface area contributed by atoms with Crippen LogP contribution >= 0.6 is 0 Å². The van der Waals surface area contributed by atoms with Crippen LogP contribution in [0.3, 0.4) is 0 Å². The maximum atomic E-state index is 12.7. The van der Waals surface area contributed by atoms with Crippen LogP contribution < -0.4 is 15.1 Å². The lowest BCUT2D eigenvalue weighted by Crippen LogP contribution is -2.38. The molecule has 30 heavy (non-hydrogen) atoms. The van der Waals surface area contributed by atoms with E-state index >= 15 is 0 Å². The third kappa shape index (κ3) is 4.15. The highest BCUT2D eigenvalue weighted by molar-refractivity contribution is 6.01. The molecule has 0 bridgehead atoms. The molecule has 0 aromatic heterocycles. The highest BCUT2D eigenvalue weighted by Gasteiger charge is 2.37. The third-order valence-corrected chi connectivity index (χ3v) is 5.79. The summed E-state index contributed by atoms with van der Waals surface area (Å²) in [6, 6.07) is 15.3. The van der Waals surface area contributed by atoms with Crippen LogP contribution in [-0.4, -0.2) is 42.5 Å². The number of aliphatic carboxylic acids is 1. The van der Waals surface area contributed by atoms with E-state index in [1.54, 1.807) is 35.2 Å². The van der Waals surface area contributed by atoms with Gasteiger partial charge in [0.05, 0.1) is 5.92 Å². The average molecular weight is 407 g/mol. The molecule has 2 aliphatic rings. The van der Waals surface area contributed by atoms with Crippen molar-refractivity contribution in [3.63, 3.8) is 0 Å². The lowest BCUT2D eigenvalue weighted by molar-refractivity contribution is -0.142. The highest BCUT2D eigenvalue weighted by Crippen LogP contribution is 2.29. The molecular weight excluding hydrogens is 382 g/mol. The number of hydrogen-bond acceptors (Lipinski definition) is 4. The largest absolute Gasteiger partial charge is 0.479 e. The molecule has 156 valence electrons. The summed E-state index contributed by atoms with van der Waals surface area (Å²) in [5, 5.41) is 12.1. The molecule has 4 rings (SSSR count). The number of nitrogens with one attached hydrogen (secondary N) is 1. The van der Waals surface area contributed by atoms with E-state index in [1.165, 1.54) is 12.8 Å². The molecule has 0 spiro atoms. The van der Waals surface area contributed by atoms with Gasteiger partial charge in [-0.3, -0.25) is 9.59 Å². The Labute approximate surface area is 175 Å². The van der Waals surface area contributed by atoms with Gasteiger partial charge < -0.3 is 20.2 Å². The molecule has 2 N–H and O–H groups in total. The van der Waals surface area contributed by atoms with Crippen molar-refractivity contribution in [3.05, 3.63) is 60.2 Å². The molecule has 2 aromatic carbocycles. The molecule has 2 saturated heterocycles. The van der Waals surface area contributed by atoms with Gasteiger partial charge in [0.2, 0.25) is 11.8 Å². The predicted octanol–water partition coefficient (Wildman–Crippen LogP) is 2.58. The normalized spacial score (nSPS) is 19.7. The Morgan fingerprint density at radius 3 is 2.23 bits per heavy atom. The third-order valence-electron chi connectivity index (χ3n) is 5.79. The summed E-state index contributed by atoms with van der Waals surface area (Å²) in [5.74, 6) is -2.26. The standard InChI is InChI=1S/C23H25N3O4/c27-20-14-17(22(28)24-21(23(29)30)16-6-2-1-3-7-16)15-26(20)19-10-8-18(9-11-19)25-12-4-5-13-25/h1-3,6-11,17,21H,4-5,12-15H2,(H,24,28)(H,29,30).